The molecule has 0 radical (unpaired) electrons. The molecule has 0 heterocycles. The van der Waals surface area contributed by atoms with E-state index in [4.69, 9.17) is 17.5 Å². The normalized spacial score (nSPS) is 10.9. The number of hydrogen-bond acceptors (Lipinski definition) is 4. The molecule has 0 aliphatic rings. The van der Waals surface area contributed by atoms with Gasteiger partial charge in [0.05, 0.1) is 0 Å². The molecule has 6 nitrogen and oxygen atoms in total. The molecule has 0 bridgehead atoms. The average Bonchev–Trinajstić information content (AvgIpc) is 0.722. The van der Waals surface area contributed by atoms with E-state index in [1.807, 2.05) is 0 Å². The summed E-state index contributed by atoms with van der Waals surface area (Å²) in [6.07, 6.45) is 0. The van der Waals surface area contributed by atoms with Crippen molar-refractivity contribution in [2.24, 2.45) is 17.5 Å². The van der Waals surface area contributed by atoms with E-state index in [-0.39, 0.29) is 11.0 Å². The predicted octanol–water partition coefficient (Wildman–Crippen LogP) is -4.01. The summed E-state index contributed by atoms with van der Waals surface area (Å²) in [6, 6.07) is 0. The van der Waals surface area contributed by atoms with Crippen molar-refractivity contribution >= 4 is 0 Å². The summed E-state index contributed by atoms with van der Waals surface area (Å²) in [5, 5.41) is 0. The second-order valence-corrected chi connectivity index (χ2v) is 3.74. The zero-order valence-corrected chi connectivity index (χ0v) is 5.18. The summed E-state index contributed by atoms with van der Waals surface area (Å²) in [6.45, 7) is 0. The van der Waals surface area contributed by atoms with Gasteiger partial charge in [-0.15, -0.1) is 0 Å². The standard InChI is InChI=1S/4H2N.2H2O.Pd/h6*1H2;/q4*-1;;;+4. The van der Waals surface area contributed by atoms with E-state index >= 15 is 0 Å². The fourth-order valence-corrected chi connectivity index (χ4v) is 0. The van der Waals surface area contributed by atoms with Gasteiger partial charge >= 0.3 is 34.0 Å². The second kappa shape index (κ2) is 4.58. The van der Waals surface area contributed by atoms with E-state index < -0.39 is 16.5 Å². The Balaban J connectivity index is -0.0000000800. The van der Waals surface area contributed by atoms with Crippen LogP contribution in [0.2, 0.25) is 0 Å². The van der Waals surface area contributed by atoms with Crippen molar-refractivity contribution < 1.29 is 27.5 Å². The van der Waals surface area contributed by atoms with Crippen LogP contribution in [-0.2, 0) is 16.5 Å². The molecular weight excluding hydrogens is 194 g/mol. The van der Waals surface area contributed by atoms with E-state index in [0.717, 1.165) is 0 Å². The van der Waals surface area contributed by atoms with Gasteiger partial charge in [-0.1, -0.05) is 0 Å². The molecule has 0 spiro atoms. The molecule has 0 aromatic rings. The van der Waals surface area contributed by atoms with Crippen LogP contribution in [0.1, 0.15) is 0 Å². The third kappa shape index (κ3) is 704. The molecule has 7 heavy (non-hydrogen) atoms. The fraction of sp³-hybridized carbons (Fsp3) is 0. The molecule has 0 fully saturated rings. The third-order valence-corrected chi connectivity index (χ3v) is 0. The van der Waals surface area contributed by atoms with E-state index in [2.05, 4.69) is 0 Å². The van der Waals surface area contributed by atoms with Crippen LogP contribution < -0.4 is 17.5 Å². The van der Waals surface area contributed by atoms with Crippen LogP contribution in [0, 0.1) is 0 Å². The first kappa shape index (κ1) is 15.7. The van der Waals surface area contributed by atoms with E-state index in [1.165, 1.54) is 0 Å². The van der Waals surface area contributed by atoms with Crippen molar-refractivity contribution in [3.05, 3.63) is 0 Å². The van der Waals surface area contributed by atoms with Crippen molar-refractivity contribution in [3.8, 4) is 0 Å². The van der Waals surface area contributed by atoms with Crippen LogP contribution >= 0.6 is 0 Å². The molecule has 54 valence electrons. The van der Waals surface area contributed by atoms with Crippen LogP contribution in [0.25, 0.3) is 0 Å². The van der Waals surface area contributed by atoms with Crippen LogP contribution in [0.15, 0.2) is 0 Å². The van der Waals surface area contributed by atoms with Gasteiger partial charge in [0.25, 0.3) is 0 Å². The first-order chi connectivity index (χ1) is 2.00. The van der Waals surface area contributed by atoms with Crippen molar-refractivity contribution in [2.75, 3.05) is 0 Å². The van der Waals surface area contributed by atoms with Gasteiger partial charge in [-0.05, 0) is 0 Å². The molecule has 0 unspecified atom stereocenters. The van der Waals surface area contributed by atoms with Crippen LogP contribution in [0.5, 0.6) is 0 Å². The first-order valence-corrected chi connectivity index (χ1v) is 4.32. The van der Waals surface area contributed by atoms with Crippen LogP contribution in [0.4, 0.5) is 0 Å². The van der Waals surface area contributed by atoms with E-state index in [9.17, 15) is 0 Å². The summed E-state index contributed by atoms with van der Waals surface area (Å²) in [5.41, 5.74) is 0. The molecule has 0 atom stereocenters. The van der Waals surface area contributed by atoms with Gasteiger partial charge < -0.3 is 11.0 Å². The Kier molecular flexibility index (Phi) is 10.2. The average molecular weight is 207 g/mol. The van der Waals surface area contributed by atoms with Crippen LogP contribution in [0.3, 0.4) is 0 Å². The molecule has 0 aliphatic carbocycles. The van der Waals surface area contributed by atoms with Crippen molar-refractivity contribution in [3.63, 3.8) is 0 Å². The minimum atomic E-state index is -2.70. The van der Waals surface area contributed by atoms with Gasteiger partial charge in [0.15, 0.2) is 0 Å². The fourth-order valence-electron chi connectivity index (χ4n) is 0. The summed E-state index contributed by atoms with van der Waals surface area (Å²) in [5.74, 6) is 0. The summed E-state index contributed by atoms with van der Waals surface area (Å²) in [7, 11) is 0. The Morgan fingerprint density at radius 2 is 0.714 bits per heavy atom. The maximum absolute atomic E-state index is 4.84. The Labute approximate surface area is 45.6 Å². The predicted molar refractivity (Wildman–Crippen MR) is 24.0 cm³/mol. The number of rotatable bonds is 0. The maximum atomic E-state index is 4.84. The molecule has 0 aromatic carbocycles. The van der Waals surface area contributed by atoms with Crippen molar-refractivity contribution in [1.82, 2.24) is 0 Å². The molecular formula is H12N4O2Pd. The molecule has 0 saturated heterocycles. The SMILES string of the molecule is O.O.[NH2][Pd]([NH2])([NH2])[NH2]. The van der Waals surface area contributed by atoms with Gasteiger partial charge in [-0.2, -0.15) is 0 Å². The summed E-state index contributed by atoms with van der Waals surface area (Å²) >= 11 is -2.70. The quantitative estimate of drug-likeness (QED) is 0.296. The Morgan fingerprint density at radius 1 is 0.714 bits per heavy atom. The molecule has 7 heteroatoms. The van der Waals surface area contributed by atoms with Gasteiger partial charge in [0.1, 0.15) is 0 Å². The molecule has 0 aromatic heterocycles. The van der Waals surface area contributed by atoms with Crippen LogP contribution in [-0.4, -0.2) is 11.0 Å². The van der Waals surface area contributed by atoms with Gasteiger partial charge in [0.2, 0.25) is 0 Å². The van der Waals surface area contributed by atoms with E-state index in [1.54, 1.807) is 0 Å². The van der Waals surface area contributed by atoms with Gasteiger partial charge in [-0.25, -0.2) is 0 Å². The van der Waals surface area contributed by atoms with Gasteiger partial charge in [0, 0.05) is 0 Å². The molecule has 0 rings (SSSR count). The Morgan fingerprint density at radius 3 is 0.714 bits per heavy atom. The first-order valence-electron chi connectivity index (χ1n) is 0.730. The number of hydrogen-bond donors (Lipinski definition) is 4. The topological polar surface area (TPSA) is 167 Å². The molecule has 0 amide bonds. The Bertz CT molecular complexity index is 25.2. The minimum absolute atomic E-state index is 0. The number of nitrogens with two attached hydrogens (primary N) is 4. The summed E-state index contributed by atoms with van der Waals surface area (Å²) in [4.78, 5) is 0. The van der Waals surface area contributed by atoms with Crippen molar-refractivity contribution in [1.29, 1.82) is 0 Å². The second-order valence-electron chi connectivity index (χ2n) is 0.632. The third-order valence-electron chi connectivity index (χ3n) is 0. The van der Waals surface area contributed by atoms with E-state index in [0.29, 0.717) is 0 Å². The monoisotopic (exact) mass is 206 g/mol. The van der Waals surface area contributed by atoms with Crippen molar-refractivity contribution in [2.45, 2.75) is 0 Å². The molecule has 0 aliphatic heterocycles. The zero-order valence-electron chi connectivity index (χ0n) is 3.63. The summed E-state index contributed by atoms with van der Waals surface area (Å²) < 4.78 is 19.4. The van der Waals surface area contributed by atoms with Gasteiger partial charge in [-0.3, -0.25) is 0 Å². The molecule has 12 N–H and O–H groups in total. The zero-order chi connectivity index (χ0) is 4.50. The molecule has 0 saturated carbocycles. The Hall–Kier alpha value is 0.422.